The Kier molecular flexibility index (Phi) is 4.26. The third-order valence-corrected chi connectivity index (χ3v) is 5.07. The highest BCUT2D eigenvalue weighted by Crippen LogP contribution is 2.26. The van der Waals surface area contributed by atoms with Crippen LogP contribution in [0.15, 0.2) is 4.99 Å². The van der Waals surface area contributed by atoms with E-state index in [1.165, 1.54) is 70.9 Å². The van der Waals surface area contributed by atoms with E-state index in [-0.39, 0.29) is 0 Å². The Morgan fingerprint density at radius 2 is 1.84 bits per heavy atom. The summed E-state index contributed by atoms with van der Waals surface area (Å²) in [5, 5.41) is 3.48. The lowest BCUT2D eigenvalue weighted by Crippen LogP contribution is -2.49. The zero-order valence-electron chi connectivity index (χ0n) is 12.0. The number of hydrogen-bond donors (Lipinski definition) is 2. The quantitative estimate of drug-likeness (QED) is 0.591. The molecule has 0 spiro atoms. The molecule has 3 fully saturated rings. The lowest BCUT2D eigenvalue weighted by atomic mass is 9.96. The van der Waals surface area contributed by atoms with E-state index in [9.17, 15) is 0 Å². The Balaban J connectivity index is 1.48. The molecule has 0 aromatic heterocycles. The van der Waals surface area contributed by atoms with Gasteiger partial charge in [-0.25, -0.2) is 0 Å². The second kappa shape index (κ2) is 6.12. The number of hydrogen-bond acceptors (Lipinski definition) is 2. The van der Waals surface area contributed by atoms with E-state index in [2.05, 4.69) is 15.2 Å². The average Bonchev–Trinajstić information content (AvgIpc) is 2.87. The first kappa shape index (κ1) is 13.2. The minimum atomic E-state index is 0.479. The third-order valence-electron chi connectivity index (χ3n) is 5.07. The number of nitrogens with two attached hydrogens (primary N) is 1. The van der Waals surface area contributed by atoms with Crippen molar-refractivity contribution in [2.45, 2.75) is 75.9 Å². The lowest BCUT2D eigenvalue weighted by molar-refractivity contribution is 0.175. The zero-order chi connectivity index (χ0) is 13.1. The molecular formula is C15H28N4. The van der Waals surface area contributed by atoms with Gasteiger partial charge in [0.1, 0.15) is 0 Å². The SMILES string of the molecule is NC(=NC1CCCCC1)NC1CCN2CCCC2C1. The summed E-state index contributed by atoms with van der Waals surface area (Å²) >= 11 is 0. The Morgan fingerprint density at radius 3 is 2.68 bits per heavy atom. The highest BCUT2D eigenvalue weighted by Gasteiger charge is 2.31. The van der Waals surface area contributed by atoms with Crippen LogP contribution in [0.4, 0.5) is 0 Å². The zero-order valence-corrected chi connectivity index (χ0v) is 12.0. The normalized spacial score (nSPS) is 34.2. The van der Waals surface area contributed by atoms with E-state index >= 15 is 0 Å². The number of nitrogens with one attached hydrogen (secondary N) is 1. The van der Waals surface area contributed by atoms with Gasteiger partial charge in [0.25, 0.3) is 0 Å². The van der Waals surface area contributed by atoms with Gasteiger partial charge in [-0.2, -0.15) is 0 Å². The molecule has 2 unspecified atom stereocenters. The fraction of sp³-hybridized carbons (Fsp3) is 0.933. The van der Waals surface area contributed by atoms with Crippen molar-refractivity contribution in [2.75, 3.05) is 13.1 Å². The van der Waals surface area contributed by atoms with Crippen LogP contribution in [-0.4, -0.2) is 42.1 Å². The molecule has 0 aromatic rings. The Hall–Kier alpha value is -0.770. The monoisotopic (exact) mass is 264 g/mol. The van der Waals surface area contributed by atoms with Gasteiger partial charge >= 0.3 is 0 Å². The fourth-order valence-corrected chi connectivity index (χ4v) is 4.01. The largest absolute Gasteiger partial charge is 0.370 e. The molecule has 1 aliphatic carbocycles. The van der Waals surface area contributed by atoms with Crippen LogP contribution in [0.3, 0.4) is 0 Å². The smallest absolute Gasteiger partial charge is 0.189 e. The summed E-state index contributed by atoms with van der Waals surface area (Å²) in [6.45, 7) is 2.54. The van der Waals surface area contributed by atoms with E-state index in [1.807, 2.05) is 0 Å². The number of rotatable bonds is 2. The highest BCUT2D eigenvalue weighted by molar-refractivity contribution is 5.78. The van der Waals surface area contributed by atoms with Crippen molar-refractivity contribution in [3.63, 3.8) is 0 Å². The van der Waals surface area contributed by atoms with Gasteiger partial charge in [-0.3, -0.25) is 4.99 Å². The van der Waals surface area contributed by atoms with Gasteiger partial charge in [-0.1, -0.05) is 19.3 Å². The lowest BCUT2D eigenvalue weighted by Gasteiger charge is -2.35. The number of nitrogens with zero attached hydrogens (tertiary/aromatic N) is 2. The van der Waals surface area contributed by atoms with E-state index in [0.717, 1.165) is 6.04 Å². The van der Waals surface area contributed by atoms with E-state index in [0.29, 0.717) is 18.0 Å². The number of guanidine groups is 1. The van der Waals surface area contributed by atoms with Gasteiger partial charge < -0.3 is 16.0 Å². The Bertz CT molecular complexity index is 322. The summed E-state index contributed by atoms with van der Waals surface area (Å²) in [5.74, 6) is 0.698. The molecule has 3 aliphatic rings. The second-order valence-electron chi connectivity index (χ2n) is 6.50. The standard InChI is InChI=1S/C15H28N4/c16-15(17-12-5-2-1-3-6-12)18-13-8-10-19-9-4-7-14(19)11-13/h12-14H,1-11H2,(H3,16,17,18). The maximum Gasteiger partial charge on any atom is 0.189 e. The minimum Gasteiger partial charge on any atom is -0.370 e. The van der Waals surface area contributed by atoms with Gasteiger partial charge in [0.2, 0.25) is 0 Å². The maximum absolute atomic E-state index is 6.10. The van der Waals surface area contributed by atoms with Crippen LogP contribution in [-0.2, 0) is 0 Å². The van der Waals surface area contributed by atoms with Crippen LogP contribution in [0.5, 0.6) is 0 Å². The molecule has 108 valence electrons. The summed E-state index contributed by atoms with van der Waals surface area (Å²) in [7, 11) is 0. The van der Waals surface area contributed by atoms with Crippen molar-refractivity contribution >= 4 is 5.96 Å². The number of aliphatic imine (C=N–C) groups is 1. The number of piperidine rings is 1. The van der Waals surface area contributed by atoms with Gasteiger partial charge in [0.15, 0.2) is 5.96 Å². The summed E-state index contributed by atoms with van der Waals surface area (Å²) in [4.78, 5) is 7.33. The molecule has 0 radical (unpaired) electrons. The molecule has 0 bridgehead atoms. The van der Waals surface area contributed by atoms with Gasteiger partial charge in [-0.05, 0) is 45.1 Å². The molecule has 3 N–H and O–H groups in total. The molecule has 2 saturated heterocycles. The predicted molar refractivity (Wildman–Crippen MR) is 79.2 cm³/mol. The van der Waals surface area contributed by atoms with Gasteiger partial charge in [0.05, 0.1) is 6.04 Å². The van der Waals surface area contributed by atoms with E-state index in [1.54, 1.807) is 0 Å². The molecular weight excluding hydrogens is 236 g/mol. The van der Waals surface area contributed by atoms with Gasteiger partial charge in [0, 0.05) is 18.6 Å². The molecule has 4 nitrogen and oxygen atoms in total. The Labute approximate surface area is 116 Å². The minimum absolute atomic E-state index is 0.479. The molecule has 2 heterocycles. The summed E-state index contributed by atoms with van der Waals surface area (Å²) in [5.41, 5.74) is 6.10. The predicted octanol–water partition coefficient (Wildman–Crippen LogP) is 1.85. The molecule has 3 rings (SSSR count). The van der Waals surface area contributed by atoms with Crippen molar-refractivity contribution in [1.29, 1.82) is 0 Å². The average molecular weight is 264 g/mol. The van der Waals surface area contributed by atoms with Crippen molar-refractivity contribution < 1.29 is 0 Å². The summed E-state index contributed by atoms with van der Waals surface area (Å²) < 4.78 is 0. The van der Waals surface area contributed by atoms with Crippen LogP contribution in [0.2, 0.25) is 0 Å². The molecule has 19 heavy (non-hydrogen) atoms. The fourth-order valence-electron chi connectivity index (χ4n) is 4.01. The summed E-state index contributed by atoms with van der Waals surface area (Å²) in [6.07, 6.45) is 11.7. The Morgan fingerprint density at radius 1 is 1.00 bits per heavy atom. The van der Waals surface area contributed by atoms with Crippen molar-refractivity contribution in [3.8, 4) is 0 Å². The van der Waals surface area contributed by atoms with Crippen molar-refractivity contribution in [2.24, 2.45) is 10.7 Å². The molecule has 0 amide bonds. The van der Waals surface area contributed by atoms with Gasteiger partial charge in [-0.15, -0.1) is 0 Å². The van der Waals surface area contributed by atoms with Crippen LogP contribution in [0, 0.1) is 0 Å². The molecule has 0 aromatic carbocycles. The van der Waals surface area contributed by atoms with E-state index < -0.39 is 0 Å². The van der Waals surface area contributed by atoms with Crippen LogP contribution >= 0.6 is 0 Å². The van der Waals surface area contributed by atoms with Crippen molar-refractivity contribution in [1.82, 2.24) is 10.2 Å². The molecule has 2 atom stereocenters. The first-order valence-electron chi connectivity index (χ1n) is 8.15. The highest BCUT2D eigenvalue weighted by atomic mass is 15.2. The first-order valence-corrected chi connectivity index (χ1v) is 8.15. The molecule has 1 saturated carbocycles. The van der Waals surface area contributed by atoms with E-state index in [4.69, 9.17) is 5.73 Å². The third kappa shape index (κ3) is 3.41. The van der Waals surface area contributed by atoms with Crippen LogP contribution in [0.25, 0.3) is 0 Å². The summed E-state index contributed by atoms with van der Waals surface area (Å²) in [6, 6.07) is 1.83. The second-order valence-corrected chi connectivity index (χ2v) is 6.50. The van der Waals surface area contributed by atoms with Crippen LogP contribution in [0.1, 0.15) is 57.8 Å². The molecule has 4 heteroatoms. The molecule has 2 aliphatic heterocycles. The van der Waals surface area contributed by atoms with Crippen LogP contribution < -0.4 is 11.1 Å². The maximum atomic E-state index is 6.10. The number of fused-ring (bicyclic) bond motifs is 1. The van der Waals surface area contributed by atoms with Crippen molar-refractivity contribution in [3.05, 3.63) is 0 Å². The topological polar surface area (TPSA) is 53.6 Å². The first-order chi connectivity index (χ1) is 9.31.